The van der Waals surface area contributed by atoms with E-state index in [0.717, 1.165) is 37.3 Å². The quantitative estimate of drug-likeness (QED) is 0.911. The first-order valence-electron chi connectivity index (χ1n) is 8.28. The number of rotatable bonds is 3. The summed E-state index contributed by atoms with van der Waals surface area (Å²) in [6.07, 6.45) is 6.28. The number of benzene rings is 1. The lowest BCUT2D eigenvalue weighted by Crippen LogP contribution is -2.25. The predicted molar refractivity (Wildman–Crippen MR) is 96.9 cm³/mol. The molecular weight excluding hydrogens is 324 g/mol. The zero-order chi connectivity index (χ0) is 16.9. The second-order valence-electron chi connectivity index (χ2n) is 6.08. The van der Waals surface area contributed by atoms with Crippen molar-refractivity contribution in [2.24, 2.45) is 0 Å². The van der Waals surface area contributed by atoms with Crippen LogP contribution in [0.15, 0.2) is 30.6 Å². The predicted octanol–water partition coefficient (Wildman–Crippen LogP) is 4.07. The minimum atomic E-state index is -0.251. The fourth-order valence-corrected chi connectivity index (χ4v) is 3.03. The Balaban J connectivity index is 1.77. The number of carbonyl (C=O) groups excluding carboxylic acids is 1. The molecule has 2 heterocycles. The molecule has 3 rings (SSSR count). The summed E-state index contributed by atoms with van der Waals surface area (Å²) in [5, 5.41) is 3.46. The van der Waals surface area contributed by atoms with Crippen molar-refractivity contribution >= 4 is 29.0 Å². The van der Waals surface area contributed by atoms with Crippen molar-refractivity contribution in [3.05, 3.63) is 46.9 Å². The molecule has 1 amide bonds. The number of nitrogens with one attached hydrogen (secondary N) is 1. The van der Waals surface area contributed by atoms with Gasteiger partial charge in [0.25, 0.3) is 5.91 Å². The lowest BCUT2D eigenvalue weighted by molar-refractivity contribution is 0.102. The van der Waals surface area contributed by atoms with E-state index in [-0.39, 0.29) is 5.91 Å². The molecule has 0 spiro atoms. The molecule has 0 saturated carbocycles. The van der Waals surface area contributed by atoms with Crippen LogP contribution in [0.2, 0.25) is 5.02 Å². The van der Waals surface area contributed by atoms with E-state index in [2.05, 4.69) is 20.2 Å². The molecule has 24 heavy (non-hydrogen) atoms. The van der Waals surface area contributed by atoms with E-state index < -0.39 is 0 Å². The Bertz CT molecular complexity index is 727. The molecule has 2 aromatic rings. The van der Waals surface area contributed by atoms with Crippen LogP contribution < -0.4 is 10.2 Å². The van der Waals surface area contributed by atoms with Crippen LogP contribution in [0.1, 0.15) is 41.7 Å². The molecule has 1 aliphatic heterocycles. The summed E-state index contributed by atoms with van der Waals surface area (Å²) in [5.41, 5.74) is 2.01. The van der Waals surface area contributed by atoms with Gasteiger partial charge in [-0.25, -0.2) is 9.97 Å². The molecule has 0 radical (unpaired) electrons. The Labute approximate surface area is 147 Å². The number of amides is 1. The minimum absolute atomic E-state index is 0.251. The Morgan fingerprint density at radius 2 is 1.88 bits per heavy atom. The number of halogens is 1. The first-order valence-corrected chi connectivity index (χ1v) is 8.66. The smallest absolute Gasteiger partial charge is 0.274 e. The molecule has 0 unspecified atom stereocenters. The maximum absolute atomic E-state index is 12.5. The van der Waals surface area contributed by atoms with Gasteiger partial charge >= 0.3 is 0 Å². The Morgan fingerprint density at radius 3 is 2.62 bits per heavy atom. The fourth-order valence-electron chi connectivity index (χ4n) is 2.86. The van der Waals surface area contributed by atoms with E-state index in [1.807, 2.05) is 13.0 Å². The zero-order valence-electron chi connectivity index (χ0n) is 13.8. The molecule has 0 bridgehead atoms. The van der Waals surface area contributed by atoms with Gasteiger partial charge in [-0.3, -0.25) is 4.79 Å². The maximum atomic E-state index is 12.5. The second-order valence-corrected chi connectivity index (χ2v) is 6.51. The lowest BCUT2D eigenvalue weighted by Gasteiger charge is -2.21. The van der Waals surface area contributed by atoms with E-state index in [4.69, 9.17) is 11.6 Å². The summed E-state index contributed by atoms with van der Waals surface area (Å²) in [7, 11) is 0. The monoisotopic (exact) mass is 344 g/mol. The molecule has 1 N–H and O–H groups in total. The summed E-state index contributed by atoms with van der Waals surface area (Å²) in [5.74, 6) is 0.568. The normalized spacial score (nSPS) is 15.0. The van der Waals surface area contributed by atoms with E-state index in [1.165, 1.54) is 19.2 Å². The Kier molecular flexibility index (Phi) is 5.30. The molecule has 1 aromatic heterocycles. The van der Waals surface area contributed by atoms with Gasteiger partial charge < -0.3 is 10.2 Å². The van der Waals surface area contributed by atoms with Gasteiger partial charge in [-0.1, -0.05) is 30.5 Å². The van der Waals surface area contributed by atoms with E-state index in [9.17, 15) is 4.79 Å². The van der Waals surface area contributed by atoms with Crippen molar-refractivity contribution in [1.29, 1.82) is 0 Å². The highest BCUT2D eigenvalue weighted by Gasteiger charge is 2.15. The van der Waals surface area contributed by atoms with Gasteiger partial charge in [0.15, 0.2) is 0 Å². The molecule has 1 fully saturated rings. The summed E-state index contributed by atoms with van der Waals surface area (Å²) >= 11 is 6.00. The fraction of sp³-hybridized carbons (Fsp3) is 0.389. The maximum Gasteiger partial charge on any atom is 0.274 e. The van der Waals surface area contributed by atoms with Crippen LogP contribution in [0.4, 0.5) is 11.5 Å². The topological polar surface area (TPSA) is 58.1 Å². The summed E-state index contributed by atoms with van der Waals surface area (Å²) in [6.45, 7) is 3.88. The molecule has 0 atom stereocenters. The van der Waals surface area contributed by atoms with Crippen LogP contribution in [0.25, 0.3) is 0 Å². The number of nitrogens with zero attached hydrogens (tertiary/aromatic N) is 3. The van der Waals surface area contributed by atoms with Gasteiger partial charge in [0.05, 0.1) is 0 Å². The van der Waals surface area contributed by atoms with Gasteiger partial charge in [0, 0.05) is 29.9 Å². The first kappa shape index (κ1) is 16.7. The van der Waals surface area contributed by atoms with Gasteiger partial charge in [0.1, 0.15) is 17.8 Å². The molecule has 1 aliphatic rings. The van der Waals surface area contributed by atoms with Crippen molar-refractivity contribution in [3.63, 3.8) is 0 Å². The number of hydrogen-bond donors (Lipinski definition) is 1. The zero-order valence-corrected chi connectivity index (χ0v) is 14.5. The van der Waals surface area contributed by atoms with E-state index >= 15 is 0 Å². The molecule has 126 valence electrons. The van der Waals surface area contributed by atoms with Gasteiger partial charge in [-0.2, -0.15) is 0 Å². The number of anilines is 2. The highest BCUT2D eigenvalue weighted by atomic mass is 35.5. The van der Waals surface area contributed by atoms with Crippen LogP contribution in [0, 0.1) is 6.92 Å². The van der Waals surface area contributed by atoms with Gasteiger partial charge in [0.2, 0.25) is 0 Å². The third kappa shape index (κ3) is 4.03. The third-order valence-electron chi connectivity index (χ3n) is 4.26. The van der Waals surface area contributed by atoms with Gasteiger partial charge in [-0.05, 0) is 37.5 Å². The van der Waals surface area contributed by atoms with Crippen molar-refractivity contribution in [3.8, 4) is 0 Å². The Hall–Kier alpha value is -2.14. The first-order chi connectivity index (χ1) is 11.6. The van der Waals surface area contributed by atoms with Crippen molar-refractivity contribution in [1.82, 2.24) is 9.97 Å². The standard InChI is InChI=1S/C18H21ClN4O/c1-13-6-7-14(19)10-15(13)22-18(24)16-11-17(21-12-20-16)23-8-4-2-3-5-9-23/h6-7,10-12H,2-5,8-9H2,1H3,(H,22,24). The number of aromatic nitrogens is 2. The lowest BCUT2D eigenvalue weighted by atomic mass is 10.2. The van der Waals surface area contributed by atoms with Crippen LogP contribution in [-0.2, 0) is 0 Å². The molecule has 1 aromatic carbocycles. The highest BCUT2D eigenvalue weighted by Crippen LogP contribution is 2.22. The summed E-state index contributed by atoms with van der Waals surface area (Å²) in [6, 6.07) is 7.18. The minimum Gasteiger partial charge on any atom is -0.357 e. The molecule has 0 aliphatic carbocycles. The van der Waals surface area contributed by atoms with Crippen LogP contribution in [0.5, 0.6) is 0 Å². The van der Waals surface area contributed by atoms with Crippen molar-refractivity contribution in [2.75, 3.05) is 23.3 Å². The summed E-state index contributed by atoms with van der Waals surface area (Å²) in [4.78, 5) is 23.2. The van der Waals surface area contributed by atoms with Crippen LogP contribution >= 0.6 is 11.6 Å². The second kappa shape index (κ2) is 7.62. The molecular formula is C18H21ClN4O. The van der Waals surface area contributed by atoms with Crippen LogP contribution in [0.3, 0.4) is 0 Å². The number of carbonyl (C=O) groups is 1. The Morgan fingerprint density at radius 1 is 1.12 bits per heavy atom. The third-order valence-corrected chi connectivity index (χ3v) is 4.50. The largest absolute Gasteiger partial charge is 0.357 e. The highest BCUT2D eigenvalue weighted by molar-refractivity contribution is 6.31. The molecule has 5 nitrogen and oxygen atoms in total. The summed E-state index contributed by atoms with van der Waals surface area (Å²) < 4.78 is 0. The van der Waals surface area contributed by atoms with Crippen molar-refractivity contribution < 1.29 is 4.79 Å². The van der Waals surface area contributed by atoms with Crippen molar-refractivity contribution in [2.45, 2.75) is 32.6 Å². The van der Waals surface area contributed by atoms with Gasteiger partial charge in [-0.15, -0.1) is 0 Å². The van der Waals surface area contributed by atoms with E-state index in [0.29, 0.717) is 16.4 Å². The SMILES string of the molecule is Cc1ccc(Cl)cc1NC(=O)c1cc(N2CCCCCC2)ncn1. The molecule has 1 saturated heterocycles. The number of aryl methyl sites for hydroxylation is 1. The number of hydrogen-bond acceptors (Lipinski definition) is 4. The van der Waals surface area contributed by atoms with E-state index in [1.54, 1.807) is 18.2 Å². The molecule has 6 heteroatoms. The van der Waals surface area contributed by atoms with Crippen LogP contribution in [-0.4, -0.2) is 29.0 Å². The average Bonchev–Trinajstić information content (AvgIpc) is 2.87. The average molecular weight is 345 g/mol.